The fraction of sp³-hybridized carbons (Fsp3) is 0.308. The fourth-order valence-electron chi connectivity index (χ4n) is 2.02. The van der Waals surface area contributed by atoms with Gasteiger partial charge in [-0.3, -0.25) is 0 Å². The third-order valence-electron chi connectivity index (χ3n) is 2.78. The summed E-state index contributed by atoms with van der Waals surface area (Å²) in [5.41, 5.74) is 3.67. The van der Waals surface area contributed by atoms with E-state index in [1.807, 2.05) is 12.1 Å². The largest absolute Gasteiger partial charge is 0.497 e. The second-order valence-electron chi connectivity index (χ2n) is 3.66. The lowest BCUT2D eigenvalue weighted by Gasteiger charge is -2.19. The Morgan fingerprint density at radius 3 is 3.00 bits per heavy atom. The zero-order valence-electron chi connectivity index (χ0n) is 8.79. The molecule has 0 spiro atoms. The van der Waals surface area contributed by atoms with Crippen LogP contribution in [-0.2, 0) is 6.42 Å². The van der Waals surface area contributed by atoms with E-state index in [1.165, 1.54) is 11.1 Å². The maximum Gasteiger partial charge on any atom is 0.157 e. The van der Waals surface area contributed by atoms with Crippen molar-refractivity contribution >= 4 is 5.57 Å². The van der Waals surface area contributed by atoms with Gasteiger partial charge in [0.1, 0.15) is 5.75 Å². The van der Waals surface area contributed by atoms with Crippen LogP contribution in [0.3, 0.4) is 0 Å². The molecule has 1 aromatic rings. The first kappa shape index (κ1) is 9.79. The number of fused-ring (bicyclic) bond motifs is 1. The molecule has 2 heteroatoms. The van der Waals surface area contributed by atoms with Crippen LogP contribution in [0.5, 0.6) is 5.75 Å². The molecule has 0 heterocycles. The van der Waals surface area contributed by atoms with Gasteiger partial charge in [0.25, 0.3) is 0 Å². The molecule has 0 atom stereocenters. The van der Waals surface area contributed by atoms with Crippen molar-refractivity contribution in [3.05, 3.63) is 46.9 Å². The van der Waals surface area contributed by atoms with Crippen molar-refractivity contribution < 1.29 is 4.74 Å². The zero-order valence-corrected chi connectivity index (χ0v) is 8.79. The van der Waals surface area contributed by atoms with Crippen LogP contribution in [0.25, 0.3) is 10.4 Å². The summed E-state index contributed by atoms with van der Waals surface area (Å²) in [6, 6.07) is 6.12. The van der Waals surface area contributed by atoms with Gasteiger partial charge in [0, 0.05) is 0 Å². The minimum absolute atomic E-state index is 0.867. The van der Waals surface area contributed by atoms with Gasteiger partial charge < -0.3 is 4.74 Å². The fourth-order valence-corrected chi connectivity index (χ4v) is 2.02. The van der Waals surface area contributed by atoms with Gasteiger partial charge in [-0.25, -0.2) is 4.85 Å². The molecule has 0 bridgehead atoms. The highest BCUT2D eigenvalue weighted by atomic mass is 16.5. The molecule has 2 nitrogen and oxygen atoms in total. The van der Waals surface area contributed by atoms with Gasteiger partial charge in [-0.15, -0.1) is 0 Å². The quantitative estimate of drug-likeness (QED) is 0.633. The summed E-state index contributed by atoms with van der Waals surface area (Å²) in [6.07, 6.45) is 4.88. The van der Waals surface area contributed by atoms with Crippen molar-refractivity contribution in [3.8, 4) is 5.75 Å². The topological polar surface area (TPSA) is 13.6 Å². The molecule has 76 valence electrons. The molecule has 2 rings (SSSR count). The average molecular weight is 199 g/mol. The first-order chi connectivity index (χ1) is 7.35. The highest BCUT2D eigenvalue weighted by Gasteiger charge is 2.13. The highest BCUT2D eigenvalue weighted by molar-refractivity contribution is 5.71. The molecule has 0 unspecified atom stereocenters. The van der Waals surface area contributed by atoms with Crippen LogP contribution >= 0.6 is 0 Å². The summed E-state index contributed by atoms with van der Waals surface area (Å²) in [6.45, 7) is 6.90. The van der Waals surface area contributed by atoms with Gasteiger partial charge in [-0.1, -0.05) is 6.07 Å². The predicted octanol–water partition coefficient (Wildman–Crippen LogP) is 3.29. The summed E-state index contributed by atoms with van der Waals surface area (Å²) < 4.78 is 5.20. The van der Waals surface area contributed by atoms with E-state index in [0.717, 1.165) is 30.6 Å². The molecule has 0 N–H and O–H groups in total. The Balaban J connectivity index is 2.49. The third-order valence-corrected chi connectivity index (χ3v) is 2.78. The zero-order chi connectivity index (χ0) is 10.7. The number of methoxy groups -OCH3 is 1. The van der Waals surface area contributed by atoms with Crippen molar-refractivity contribution in [3.63, 3.8) is 0 Å². The maximum atomic E-state index is 6.90. The van der Waals surface area contributed by atoms with E-state index in [-0.39, 0.29) is 0 Å². The van der Waals surface area contributed by atoms with Gasteiger partial charge in [-0.05, 0) is 48.1 Å². The molecule has 0 aromatic heterocycles. The molecule has 1 aliphatic carbocycles. The number of hydrogen-bond donors (Lipinski definition) is 0. The smallest absolute Gasteiger partial charge is 0.157 e. The van der Waals surface area contributed by atoms with Gasteiger partial charge in [0.15, 0.2) is 6.20 Å². The summed E-state index contributed by atoms with van der Waals surface area (Å²) >= 11 is 0. The standard InChI is InChI=1S/C13H13NO/c1-14-9-11-5-3-4-10-6-7-12(15-2)8-13(10)11/h6-9H,3-5H2,2H3. The predicted molar refractivity (Wildman–Crippen MR) is 60.5 cm³/mol. The van der Waals surface area contributed by atoms with Gasteiger partial charge in [0.2, 0.25) is 0 Å². The minimum atomic E-state index is 0.867. The molecule has 0 fully saturated rings. The second kappa shape index (κ2) is 4.18. The van der Waals surface area contributed by atoms with Gasteiger partial charge in [0.05, 0.1) is 13.7 Å². The van der Waals surface area contributed by atoms with Crippen LogP contribution in [0.4, 0.5) is 0 Å². The Kier molecular flexibility index (Phi) is 2.73. The first-order valence-corrected chi connectivity index (χ1v) is 5.08. The van der Waals surface area contributed by atoms with E-state index in [1.54, 1.807) is 13.3 Å². The van der Waals surface area contributed by atoms with Gasteiger partial charge >= 0.3 is 0 Å². The highest BCUT2D eigenvalue weighted by Crippen LogP contribution is 2.33. The first-order valence-electron chi connectivity index (χ1n) is 5.08. The second-order valence-corrected chi connectivity index (χ2v) is 3.66. The monoisotopic (exact) mass is 199 g/mol. The number of benzene rings is 1. The lowest BCUT2D eigenvalue weighted by Crippen LogP contribution is -2.01. The van der Waals surface area contributed by atoms with Crippen LogP contribution in [0.2, 0.25) is 0 Å². The third kappa shape index (κ3) is 1.87. The van der Waals surface area contributed by atoms with Crippen LogP contribution in [0.1, 0.15) is 24.0 Å². The molecule has 0 radical (unpaired) electrons. The van der Waals surface area contributed by atoms with Crippen LogP contribution in [0.15, 0.2) is 24.4 Å². The summed E-state index contributed by atoms with van der Waals surface area (Å²) in [5, 5.41) is 0. The maximum absolute atomic E-state index is 6.90. The molecule has 0 saturated heterocycles. The number of hydrogen-bond acceptors (Lipinski definition) is 1. The molecule has 1 aromatic carbocycles. The minimum Gasteiger partial charge on any atom is -0.497 e. The lowest BCUT2D eigenvalue weighted by atomic mass is 9.88. The van der Waals surface area contributed by atoms with Gasteiger partial charge in [-0.2, -0.15) is 0 Å². The molecule has 0 aliphatic heterocycles. The molecule has 0 amide bonds. The van der Waals surface area contributed by atoms with E-state index >= 15 is 0 Å². The Hall–Kier alpha value is -1.75. The van der Waals surface area contributed by atoms with Crippen molar-refractivity contribution in [2.75, 3.05) is 7.11 Å². The number of allylic oxidation sites excluding steroid dienone is 1. The molecular formula is C13H13NO. The molecule has 0 saturated carbocycles. The SMILES string of the molecule is [C-]#[N+]C=C1CCCc2ccc(OC)cc21. The summed E-state index contributed by atoms with van der Waals surface area (Å²) in [4.78, 5) is 3.36. The average Bonchev–Trinajstić information content (AvgIpc) is 2.29. The molecule has 1 aliphatic rings. The van der Waals surface area contributed by atoms with Crippen LogP contribution in [0, 0.1) is 6.57 Å². The Bertz CT molecular complexity index is 440. The number of ether oxygens (including phenoxy) is 1. The Morgan fingerprint density at radius 2 is 2.27 bits per heavy atom. The van der Waals surface area contributed by atoms with Crippen LogP contribution < -0.4 is 4.74 Å². The number of aryl methyl sites for hydroxylation is 1. The molecule has 15 heavy (non-hydrogen) atoms. The van der Waals surface area contributed by atoms with Crippen molar-refractivity contribution in [1.29, 1.82) is 0 Å². The summed E-state index contributed by atoms with van der Waals surface area (Å²) in [5.74, 6) is 0.867. The summed E-state index contributed by atoms with van der Waals surface area (Å²) in [7, 11) is 1.67. The van der Waals surface area contributed by atoms with Crippen LogP contribution in [-0.4, -0.2) is 7.11 Å². The van der Waals surface area contributed by atoms with E-state index in [4.69, 9.17) is 11.3 Å². The van der Waals surface area contributed by atoms with Crippen molar-refractivity contribution in [2.45, 2.75) is 19.3 Å². The van der Waals surface area contributed by atoms with E-state index < -0.39 is 0 Å². The lowest BCUT2D eigenvalue weighted by molar-refractivity contribution is 0.414. The Morgan fingerprint density at radius 1 is 1.40 bits per heavy atom. The van der Waals surface area contributed by atoms with E-state index in [0.29, 0.717) is 0 Å². The number of rotatable bonds is 1. The van der Waals surface area contributed by atoms with Crippen molar-refractivity contribution in [1.82, 2.24) is 0 Å². The molecular weight excluding hydrogens is 186 g/mol. The van der Waals surface area contributed by atoms with E-state index in [9.17, 15) is 0 Å². The number of nitrogens with zero attached hydrogens (tertiary/aromatic N) is 1. The Labute approximate surface area is 90.0 Å². The normalized spacial score (nSPS) is 16.9. The van der Waals surface area contributed by atoms with Crippen molar-refractivity contribution in [2.24, 2.45) is 0 Å². The van der Waals surface area contributed by atoms with E-state index in [2.05, 4.69) is 10.9 Å².